The number of hydrogen-bond acceptors (Lipinski definition) is 5. The molecule has 19 heavy (non-hydrogen) atoms. The molecule has 1 aromatic heterocycles. The van der Waals surface area contributed by atoms with E-state index in [0.717, 1.165) is 24.7 Å². The van der Waals surface area contributed by atoms with Crippen molar-refractivity contribution in [2.24, 2.45) is 5.92 Å². The van der Waals surface area contributed by atoms with E-state index in [9.17, 15) is 4.79 Å². The predicted molar refractivity (Wildman–Crippen MR) is 76.2 cm³/mol. The Bertz CT molecular complexity index is 447. The van der Waals surface area contributed by atoms with Crippen molar-refractivity contribution in [1.29, 1.82) is 0 Å². The predicted octanol–water partition coefficient (Wildman–Crippen LogP) is 1.29. The summed E-state index contributed by atoms with van der Waals surface area (Å²) in [6.45, 7) is 5.86. The number of carbonyl (C=O) groups excluding carboxylic acids is 1. The van der Waals surface area contributed by atoms with Gasteiger partial charge in [0.1, 0.15) is 0 Å². The maximum Gasteiger partial charge on any atom is 0.223 e. The van der Waals surface area contributed by atoms with Crippen LogP contribution in [-0.2, 0) is 11.3 Å². The van der Waals surface area contributed by atoms with Crippen molar-refractivity contribution >= 4 is 22.4 Å². The molecule has 2 aliphatic heterocycles. The van der Waals surface area contributed by atoms with Crippen LogP contribution >= 0.6 is 11.3 Å². The fourth-order valence-electron chi connectivity index (χ4n) is 3.08. The molecule has 0 aliphatic carbocycles. The van der Waals surface area contributed by atoms with Crippen molar-refractivity contribution in [2.75, 3.05) is 25.0 Å². The zero-order valence-corrected chi connectivity index (χ0v) is 12.0. The van der Waals surface area contributed by atoms with E-state index in [1.54, 1.807) is 0 Å². The van der Waals surface area contributed by atoms with Crippen LogP contribution in [0.4, 0.5) is 5.13 Å². The fraction of sp³-hybridized carbons (Fsp3) is 0.692. The van der Waals surface area contributed by atoms with Gasteiger partial charge in [0.15, 0.2) is 5.13 Å². The van der Waals surface area contributed by atoms with Crippen molar-refractivity contribution in [2.45, 2.75) is 32.4 Å². The van der Waals surface area contributed by atoms with E-state index in [-0.39, 0.29) is 5.91 Å². The first-order chi connectivity index (χ1) is 9.20. The van der Waals surface area contributed by atoms with Crippen LogP contribution < -0.4 is 10.6 Å². The van der Waals surface area contributed by atoms with Gasteiger partial charge in [0.2, 0.25) is 5.91 Å². The smallest absolute Gasteiger partial charge is 0.223 e. The van der Waals surface area contributed by atoms with Crippen LogP contribution in [0.15, 0.2) is 5.38 Å². The third-order valence-corrected chi connectivity index (χ3v) is 4.70. The van der Waals surface area contributed by atoms with Gasteiger partial charge in [-0.25, -0.2) is 4.98 Å². The van der Waals surface area contributed by atoms with Crippen LogP contribution in [0.1, 0.15) is 25.5 Å². The maximum atomic E-state index is 11.0. The second-order valence-electron chi connectivity index (χ2n) is 5.48. The summed E-state index contributed by atoms with van der Waals surface area (Å²) >= 11 is 1.50. The molecule has 104 valence electrons. The average molecular weight is 280 g/mol. The highest BCUT2D eigenvalue weighted by atomic mass is 32.1. The van der Waals surface area contributed by atoms with Crippen LogP contribution in [0, 0.1) is 5.92 Å². The fourth-order valence-corrected chi connectivity index (χ4v) is 3.83. The van der Waals surface area contributed by atoms with Crippen LogP contribution in [0.25, 0.3) is 0 Å². The molecule has 0 radical (unpaired) electrons. The Hall–Kier alpha value is -0.980. The van der Waals surface area contributed by atoms with Gasteiger partial charge >= 0.3 is 0 Å². The Balaban J connectivity index is 1.56. The first-order valence-electron chi connectivity index (χ1n) is 6.88. The molecule has 3 heterocycles. The third-order valence-electron chi connectivity index (χ3n) is 3.90. The Kier molecular flexibility index (Phi) is 3.81. The summed E-state index contributed by atoms with van der Waals surface area (Å²) in [4.78, 5) is 17.9. The number of fused-ring (bicyclic) bond motifs is 1. The van der Waals surface area contributed by atoms with Crippen LogP contribution in [0.2, 0.25) is 0 Å². The van der Waals surface area contributed by atoms with Crippen LogP contribution in [-0.4, -0.2) is 41.5 Å². The summed E-state index contributed by atoms with van der Waals surface area (Å²) < 4.78 is 0. The molecule has 0 aromatic carbocycles. The number of carbonyl (C=O) groups is 1. The lowest BCUT2D eigenvalue weighted by Gasteiger charge is -2.24. The highest BCUT2D eigenvalue weighted by Gasteiger charge is 2.34. The maximum absolute atomic E-state index is 11.0. The van der Waals surface area contributed by atoms with Gasteiger partial charge in [0.25, 0.3) is 0 Å². The monoisotopic (exact) mass is 280 g/mol. The molecule has 1 amide bonds. The molecule has 0 spiro atoms. The molecule has 1 aromatic rings. The standard InChI is InChI=1S/C13H20N4OS/c1-9(18)15-13-16-11(8-19-13)6-17-5-10-3-2-4-14-12(10)7-17/h8,10,12,14H,2-7H2,1H3,(H,15,16,18)/t10-,12+/m0/s1. The minimum atomic E-state index is -0.0581. The molecule has 2 saturated heterocycles. The zero-order chi connectivity index (χ0) is 13.2. The molecule has 2 atom stereocenters. The lowest BCUT2D eigenvalue weighted by Crippen LogP contribution is -2.40. The Morgan fingerprint density at radius 3 is 3.32 bits per heavy atom. The Morgan fingerprint density at radius 2 is 2.53 bits per heavy atom. The molecule has 6 heteroatoms. The number of rotatable bonds is 3. The summed E-state index contributed by atoms with van der Waals surface area (Å²) in [6, 6.07) is 0.669. The van der Waals surface area contributed by atoms with Gasteiger partial charge < -0.3 is 10.6 Å². The topological polar surface area (TPSA) is 57.3 Å². The first kappa shape index (κ1) is 13.0. The molecule has 5 nitrogen and oxygen atoms in total. The van der Waals surface area contributed by atoms with E-state index in [1.165, 1.54) is 44.2 Å². The van der Waals surface area contributed by atoms with E-state index in [1.807, 2.05) is 5.38 Å². The molecule has 2 fully saturated rings. The first-order valence-corrected chi connectivity index (χ1v) is 7.76. The van der Waals surface area contributed by atoms with Crippen molar-refractivity contribution in [1.82, 2.24) is 15.2 Å². The van der Waals surface area contributed by atoms with E-state index in [4.69, 9.17) is 0 Å². The van der Waals surface area contributed by atoms with E-state index < -0.39 is 0 Å². The van der Waals surface area contributed by atoms with Crippen molar-refractivity contribution in [3.05, 3.63) is 11.1 Å². The molecule has 0 unspecified atom stereocenters. The highest BCUT2D eigenvalue weighted by molar-refractivity contribution is 7.13. The largest absolute Gasteiger partial charge is 0.312 e. The highest BCUT2D eigenvalue weighted by Crippen LogP contribution is 2.26. The number of likely N-dealkylation sites (tertiary alicyclic amines) is 1. The number of piperidine rings is 1. The average Bonchev–Trinajstić information content (AvgIpc) is 2.94. The van der Waals surface area contributed by atoms with Crippen molar-refractivity contribution < 1.29 is 4.79 Å². The number of nitrogens with zero attached hydrogens (tertiary/aromatic N) is 2. The molecule has 3 rings (SSSR count). The lowest BCUT2D eigenvalue weighted by molar-refractivity contribution is -0.114. The minimum absolute atomic E-state index is 0.0581. The van der Waals surface area contributed by atoms with Gasteiger partial charge in [0.05, 0.1) is 5.69 Å². The van der Waals surface area contributed by atoms with Crippen molar-refractivity contribution in [3.63, 3.8) is 0 Å². The zero-order valence-electron chi connectivity index (χ0n) is 11.2. The molecule has 2 aliphatic rings. The molecule has 0 saturated carbocycles. The van der Waals surface area contributed by atoms with Gasteiger partial charge in [-0.2, -0.15) is 0 Å². The molecular weight excluding hydrogens is 260 g/mol. The van der Waals surface area contributed by atoms with E-state index in [0.29, 0.717) is 11.2 Å². The molecular formula is C13H20N4OS. The van der Waals surface area contributed by atoms with E-state index in [2.05, 4.69) is 20.5 Å². The molecule has 0 bridgehead atoms. The number of hydrogen-bond donors (Lipinski definition) is 2. The van der Waals surface area contributed by atoms with Gasteiger partial charge in [0, 0.05) is 38.0 Å². The summed E-state index contributed by atoms with van der Waals surface area (Å²) in [5, 5.41) is 9.10. The summed E-state index contributed by atoms with van der Waals surface area (Å²) in [5.74, 6) is 0.750. The Labute approximate surface area is 117 Å². The summed E-state index contributed by atoms with van der Waals surface area (Å²) in [5.41, 5.74) is 1.06. The molecule has 2 N–H and O–H groups in total. The quantitative estimate of drug-likeness (QED) is 0.876. The number of aromatic nitrogens is 1. The van der Waals surface area contributed by atoms with Gasteiger partial charge in [-0.1, -0.05) is 0 Å². The van der Waals surface area contributed by atoms with Crippen molar-refractivity contribution in [3.8, 4) is 0 Å². The second-order valence-corrected chi connectivity index (χ2v) is 6.34. The third kappa shape index (κ3) is 3.13. The summed E-state index contributed by atoms with van der Waals surface area (Å²) in [7, 11) is 0. The van der Waals surface area contributed by atoms with Crippen LogP contribution in [0.3, 0.4) is 0 Å². The van der Waals surface area contributed by atoms with Crippen LogP contribution in [0.5, 0.6) is 0 Å². The number of thiazole rings is 1. The number of amides is 1. The van der Waals surface area contributed by atoms with E-state index >= 15 is 0 Å². The SMILES string of the molecule is CC(=O)Nc1nc(CN2C[C@@H]3CCCN[C@@H]3C2)cs1. The lowest BCUT2D eigenvalue weighted by atomic mass is 9.94. The second kappa shape index (κ2) is 5.56. The van der Waals surface area contributed by atoms with Gasteiger partial charge in [-0.05, 0) is 25.3 Å². The van der Waals surface area contributed by atoms with Gasteiger partial charge in [-0.3, -0.25) is 9.69 Å². The summed E-state index contributed by atoms with van der Waals surface area (Å²) in [6.07, 6.45) is 2.65. The normalized spacial score (nSPS) is 27.2. The van der Waals surface area contributed by atoms with Gasteiger partial charge in [-0.15, -0.1) is 11.3 Å². The minimum Gasteiger partial charge on any atom is -0.312 e. The Morgan fingerprint density at radius 1 is 1.63 bits per heavy atom. The number of anilines is 1. The number of nitrogens with one attached hydrogen (secondary N) is 2.